The zero-order valence-electron chi connectivity index (χ0n) is 23.4. The van der Waals surface area contributed by atoms with Crippen LogP contribution >= 0.6 is 0 Å². The molecule has 0 atom stereocenters. The van der Waals surface area contributed by atoms with E-state index < -0.39 is 14.8 Å². The smallest absolute Gasteiger partial charge is 0.611 e. The fourth-order valence-corrected chi connectivity index (χ4v) is 7.04. The lowest BCUT2D eigenvalue weighted by Crippen LogP contribution is -2.34. The summed E-state index contributed by atoms with van der Waals surface area (Å²) in [5.41, 5.74) is 7.96. The number of aryl methyl sites for hydroxylation is 2. The summed E-state index contributed by atoms with van der Waals surface area (Å²) in [6.45, 7) is 20.5. The predicted molar refractivity (Wildman–Crippen MR) is 148 cm³/mol. The van der Waals surface area contributed by atoms with Crippen LogP contribution in [-0.4, -0.2) is 14.8 Å². The summed E-state index contributed by atoms with van der Waals surface area (Å²) in [6.07, 6.45) is 8.63. The third kappa shape index (κ3) is 6.83. The topological polar surface area (TPSA) is 18.5 Å². The Hall–Kier alpha value is -1.43. The standard InChI is InChI=1S/C23H32O2.C8H17.Al/c1-14-9-16(20(24)18(11-14)22(3,4)5)13-17-10-15(2)12-19(21(17)25)23(6,7)8;1-3-5-7-8-6-4-2;/h9-12,24-25H,13H2,1-8H3;1,3-8H2,2H3;/q;;+2/p-2. The molecule has 34 heavy (non-hydrogen) atoms. The maximum atomic E-state index is 6.95. The van der Waals surface area contributed by atoms with Crippen molar-refractivity contribution in [2.75, 3.05) is 0 Å². The van der Waals surface area contributed by atoms with Crippen LogP contribution in [0.5, 0.6) is 11.5 Å². The van der Waals surface area contributed by atoms with Gasteiger partial charge in [-0.15, -0.1) is 0 Å². The van der Waals surface area contributed by atoms with Crippen LogP contribution in [0.2, 0.25) is 5.28 Å². The quantitative estimate of drug-likeness (QED) is 0.292. The van der Waals surface area contributed by atoms with E-state index in [9.17, 15) is 0 Å². The molecule has 186 valence electrons. The van der Waals surface area contributed by atoms with E-state index in [1.165, 1.54) is 71.9 Å². The number of benzene rings is 2. The lowest BCUT2D eigenvalue weighted by Gasteiger charge is -2.33. The Morgan fingerprint density at radius 3 is 1.56 bits per heavy atom. The highest BCUT2D eigenvalue weighted by atomic mass is 27.2. The first kappa shape index (κ1) is 27.2. The van der Waals surface area contributed by atoms with Crippen molar-refractivity contribution in [1.82, 2.24) is 0 Å². The van der Waals surface area contributed by atoms with Gasteiger partial charge in [0.15, 0.2) is 0 Å². The summed E-state index contributed by atoms with van der Waals surface area (Å²) in [6, 6.07) is 9.34. The van der Waals surface area contributed by atoms with Gasteiger partial charge in [0.25, 0.3) is 0 Å². The van der Waals surface area contributed by atoms with Gasteiger partial charge in [0.2, 0.25) is 0 Å². The number of unbranched alkanes of at least 4 members (excludes halogenated alkanes) is 5. The van der Waals surface area contributed by atoms with Gasteiger partial charge in [-0.05, 0) is 52.2 Å². The predicted octanol–water partition coefficient (Wildman–Crippen LogP) is 9.11. The van der Waals surface area contributed by atoms with Crippen molar-refractivity contribution in [3.8, 4) is 11.5 Å². The zero-order chi connectivity index (χ0) is 25.1. The van der Waals surface area contributed by atoms with Crippen LogP contribution in [0, 0.1) is 13.8 Å². The molecule has 0 spiro atoms. The van der Waals surface area contributed by atoms with Crippen LogP contribution in [-0.2, 0) is 17.3 Å². The Bertz CT molecular complexity index is 907. The van der Waals surface area contributed by atoms with Crippen LogP contribution in [0.1, 0.15) is 120 Å². The molecule has 3 rings (SSSR count). The molecular formula is C31H47AlO2. The summed E-state index contributed by atoms with van der Waals surface area (Å²) >= 11 is -1.96. The van der Waals surface area contributed by atoms with Crippen molar-refractivity contribution in [3.63, 3.8) is 0 Å². The van der Waals surface area contributed by atoms with Crippen molar-refractivity contribution in [1.29, 1.82) is 0 Å². The first-order valence-corrected chi connectivity index (χ1v) is 15.3. The molecule has 1 aliphatic rings. The third-order valence-electron chi connectivity index (χ3n) is 6.91. The van der Waals surface area contributed by atoms with E-state index >= 15 is 0 Å². The fraction of sp³-hybridized carbons (Fsp3) is 0.613. The number of hydrogen-bond donors (Lipinski definition) is 0. The molecule has 1 aliphatic heterocycles. The molecule has 1 heterocycles. The Kier molecular flexibility index (Phi) is 8.86. The second-order valence-electron chi connectivity index (χ2n) is 12.5. The van der Waals surface area contributed by atoms with E-state index in [2.05, 4.69) is 86.6 Å². The van der Waals surface area contributed by atoms with E-state index in [0.717, 1.165) is 23.2 Å². The van der Waals surface area contributed by atoms with E-state index in [1.54, 1.807) is 0 Å². The van der Waals surface area contributed by atoms with Crippen molar-refractivity contribution >= 4 is 14.8 Å². The highest BCUT2D eigenvalue weighted by Gasteiger charge is 2.38. The van der Waals surface area contributed by atoms with Gasteiger partial charge < -0.3 is 7.58 Å². The van der Waals surface area contributed by atoms with Crippen LogP contribution in [0.3, 0.4) is 0 Å². The van der Waals surface area contributed by atoms with E-state index in [1.807, 2.05) is 0 Å². The van der Waals surface area contributed by atoms with Crippen LogP contribution in [0.4, 0.5) is 0 Å². The average molecular weight is 479 g/mol. The number of rotatable bonds is 7. The Labute approximate surface area is 214 Å². The SMILES string of the molecule is CCCCCCC[CH2][Al]1[O]c2c(cc(C)cc2C(C)(C)C)Cc2cc(C)cc(C(C)(C)C)c2[O]1. The molecule has 3 heteroatoms. The van der Waals surface area contributed by atoms with Gasteiger partial charge in [-0.3, -0.25) is 0 Å². The maximum Gasteiger partial charge on any atom is 0.856 e. The van der Waals surface area contributed by atoms with Crippen molar-refractivity contribution < 1.29 is 7.58 Å². The van der Waals surface area contributed by atoms with Crippen LogP contribution in [0.15, 0.2) is 24.3 Å². The molecule has 2 aromatic rings. The van der Waals surface area contributed by atoms with Gasteiger partial charge in [-0.25, -0.2) is 0 Å². The van der Waals surface area contributed by atoms with Crippen molar-refractivity contribution in [2.24, 2.45) is 0 Å². The minimum Gasteiger partial charge on any atom is -0.611 e. The first-order valence-electron chi connectivity index (χ1n) is 13.5. The summed E-state index contributed by atoms with van der Waals surface area (Å²) < 4.78 is 13.9. The summed E-state index contributed by atoms with van der Waals surface area (Å²) in [7, 11) is 0. The Morgan fingerprint density at radius 1 is 0.676 bits per heavy atom. The number of hydrogen-bond acceptors (Lipinski definition) is 2. The molecule has 2 aromatic carbocycles. The molecule has 0 saturated heterocycles. The molecule has 0 bridgehead atoms. The monoisotopic (exact) mass is 478 g/mol. The van der Waals surface area contributed by atoms with E-state index in [4.69, 9.17) is 7.58 Å². The summed E-state index contributed by atoms with van der Waals surface area (Å²) in [4.78, 5) is 0. The molecule has 0 fully saturated rings. The maximum absolute atomic E-state index is 6.95. The largest absolute Gasteiger partial charge is 0.856 e. The van der Waals surface area contributed by atoms with Gasteiger partial charge in [0.1, 0.15) is 0 Å². The molecule has 0 unspecified atom stereocenters. The zero-order valence-corrected chi connectivity index (χ0v) is 24.5. The van der Waals surface area contributed by atoms with Gasteiger partial charge in [-0.2, -0.15) is 0 Å². The van der Waals surface area contributed by atoms with E-state index in [0.29, 0.717) is 0 Å². The minimum atomic E-state index is -1.96. The van der Waals surface area contributed by atoms with Gasteiger partial charge in [0.05, 0.1) is 11.5 Å². The summed E-state index contributed by atoms with van der Waals surface area (Å²) in [5.74, 6) is 2.20. The minimum absolute atomic E-state index is 0.0282. The third-order valence-corrected chi connectivity index (χ3v) is 8.79. The second-order valence-corrected chi connectivity index (χ2v) is 14.4. The molecule has 0 N–H and O–H groups in total. The normalized spacial score (nSPS) is 14.0. The first-order chi connectivity index (χ1) is 15.9. The highest BCUT2D eigenvalue weighted by Crippen LogP contribution is 2.43. The van der Waals surface area contributed by atoms with Crippen LogP contribution < -0.4 is 7.58 Å². The number of fused-ring (bicyclic) bond motifs is 2. The molecule has 0 amide bonds. The lowest BCUT2D eigenvalue weighted by atomic mass is 9.81. The highest BCUT2D eigenvalue weighted by molar-refractivity contribution is 6.46. The Morgan fingerprint density at radius 2 is 1.12 bits per heavy atom. The summed E-state index contributed by atoms with van der Waals surface area (Å²) in [5, 5.41) is 1.06. The van der Waals surface area contributed by atoms with Crippen LogP contribution in [0.25, 0.3) is 0 Å². The molecule has 2 nitrogen and oxygen atoms in total. The van der Waals surface area contributed by atoms with Gasteiger partial charge in [0, 0.05) is 6.42 Å². The van der Waals surface area contributed by atoms with E-state index in [-0.39, 0.29) is 10.8 Å². The second kappa shape index (κ2) is 11.1. The molecule has 0 radical (unpaired) electrons. The van der Waals surface area contributed by atoms with Crippen molar-refractivity contribution in [2.45, 2.75) is 123 Å². The lowest BCUT2D eigenvalue weighted by molar-refractivity contribution is 0.389. The molecule has 0 saturated carbocycles. The van der Waals surface area contributed by atoms with Gasteiger partial charge >= 0.3 is 14.8 Å². The molecule has 0 aromatic heterocycles. The molecule has 0 aliphatic carbocycles. The fourth-order valence-electron chi connectivity index (χ4n) is 5.05. The molecular weight excluding hydrogens is 431 g/mol. The van der Waals surface area contributed by atoms with Crippen molar-refractivity contribution in [3.05, 3.63) is 57.6 Å². The Balaban J connectivity index is 2.06. The average Bonchev–Trinajstić information content (AvgIpc) is 2.70. The van der Waals surface area contributed by atoms with Gasteiger partial charge in [-0.1, -0.05) is 122 Å².